The van der Waals surface area contributed by atoms with Crippen LogP contribution in [0.4, 0.5) is 0 Å². The predicted octanol–water partition coefficient (Wildman–Crippen LogP) is 2.44. The van der Waals surface area contributed by atoms with Crippen molar-refractivity contribution in [2.45, 2.75) is 37.3 Å². The molecule has 2 aromatic carbocycles. The zero-order valence-electron chi connectivity index (χ0n) is 18.3. The van der Waals surface area contributed by atoms with Gasteiger partial charge in [0, 0.05) is 13.6 Å². The minimum atomic E-state index is -1.08. The Morgan fingerprint density at radius 3 is 2.47 bits per heavy atom. The molecule has 0 unspecified atom stereocenters. The van der Waals surface area contributed by atoms with Crippen molar-refractivity contribution in [3.63, 3.8) is 0 Å². The normalized spacial score (nSPS) is 25.2. The molecule has 7 nitrogen and oxygen atoms in total. The Bertz CT molecular complexity index is 966. The number of likely N-dealkylation sites (tertiary alicyclic amines) is 1. The van der Waals surface area contributed by atoms with Gasteiger partial charge in [-0.2, -0.15) is 0 Å². The Hall–Kier alpha value is -3.35. The van der Waals surface area contributed by atoms with Crippen LogP contribution in [0.5, 0.6) is 5.75 Å². The molecule has 0 aliphatic carbocycles. The molecule has 7 heteroatoms. The molecule has 2 N–H and O–H groups in total. The van der Waals surface area contributed by atoms with Gasteiger partial charge < -0.3 is 20.3 Å². The van der Waals surface area contributed by atoms with Gasteiger partial charge >= 0.3 is 0 Å². The maximum atomic E-state index is 13.7. The summed E-state index contributed by atoms with van der Waals surface area (Å²) in [5, 5.41) is 5.72. The number of amides is 3. The third-order valence-electron chi connectivity index (χ3n) is 6.50. The van der Waals surface area contributed by atoms with Crippen molar-refractivity contribution in [1.82, 2.24) is 15.5 Å². The summed E-state index contributed by atoms with van der Waals surface area (Å²) >= 11 is 0. The zero-order valence-corrected chi connectivity index (χ0v) is 18.3. The molecule has 3 atom stereocenters. The fourth-order valence-electron chi connectivity index (χ4n) is 5.05. The highest BCUT2D eigenvalue weighted by atomic mass is 16.5. The summed E-state index contributed by atoms with van der Waals surface area (Å²) in [7, 11) is 1.59. The molecule has 2 aliphatic heterocycles. The van der Waals surface area contributed by atoms with Crippen LogP contribution >= 0.6 is 0 Å². The van der Waals surface area contributed by atoms with Crippen molar-refractivity contribution in [3.8, 4) is 5.75 Å². The van der Waals surface area contributed by atoms with Crippen molar-refractivity contribution in [3.05, 3.63) is 66.2 Å². The molecule has 2 fully saturated rings. The number of benzene rings is 2. The van der Waals surface area contributed by atoms with Gasteiger partial charge in [0.2, 0.25) is 11.8 Å². The second-order valence-corrected chi connectivity index (χ2v) is 8.39. The number of carbonyl (C=O) groups excluding carboxylic acids is 3. The minimum Gasteiger partial charge on any atom is -0.484 e. The zero-order chi connectivity index (χ0) is 22.6. The van der Waals surface area contributed by atoms with Crippen LogP contribution in [0.1, 0.15) is 37.3 Å². The number of hydrogen-bond acceptors (Lipinski definition) is 4. The van der Waals surface area contributed by atoms with Gasteiger partial charge in [-0.25, -0.2) is 0 Å². The molecule has 168 valence electrons. The summed E-state index contributed by atoms with van der Waals surface area (Å²) in [6, 6.07) is 18.1. The third-order valence-corrected chi connectivity index (χ3v) is 6.50. The highest BCUT2D eigenvalue weighted by molar-refractivity contribution is 5.95. The fraction of sp³-hybridized carbons (Fsp3) is 0.400. The number of ether oxygens (including phenoxy) is 1. The van der Waals surface area contributed by atoms with Crippen molar-refractivity contribution < 1.29 is 19.1 Å². The molecule has 1 spiro atoms. The fourth-order valence-corrected chi connectivity index (χ4v) is 5.05. The van der Waals surface area contributed by atoms with E-state index in [2.05, 4.69) is 10.6 Å². The Kier molecular flexibility index (Phi) is 6.44. The van der Waals surface area contributed by atoms with Crippen molar-refractivity contribution in [2.24, 2.45) is 5.92 Å². The Balaban J connectivity index is 1.75. The van der Waals surface area contributed by atoms with Crippen LogP contribution in [-0.2, 0) is 14.4 Å². The van der Waals surface area contributed by atoms with Crippen LogP contribution in [0.3, 0.4) is 0 Å². The first-order valence-corrected chi connectivity index (χ1v) is 11.1. The lowest BCUT2D eigenvalue weighted by Crippen LogP contribution is -2.57. The molecule has 0 radical (unpaired) electrons. The van der Waals surface area contributed by atoms with Crippen LogP contribution in [0.15, 0.2) is 60.7 Å². The number of nitrogens with zero attached hydrogens (tertiary/aromatic N) is 1. The van der Waals surface area contributed by atoms with Crippen molar-refractivity contribution >= 4 is 17.7 Å². The van der Waals surface area contributed by atoms with Gasteiger partial charge in [0.05, 0.1) is 12.0 Å². The molecule has 2 saturated heterocycles. The van der Waals surface area contributed by atoms with E-state index in [1.54, 1.807) is 24.1 Å². The first-order valence-electron chi connectivity index (χ1n) is 11.1. The second-order valence-electron chi connectivity index (χ2n) is 8.39. The van der Waals surface area contributed by atoms with E-state index in [-0.39, 0.29) is 30.7 Å². The van der Waals surface area contributed by atoms with E-state index in [1.165, 1.54) is 0 Å². The molecule has 0 bridgehead atoms. The summed E-state index contributed by atoms with van der Waals surface area (Å²) < 4.78 is 5.76. The van der Waals surface area contributed by atoms with E-state index >= 15 is 0 Å². The van der Waals surface area contributed by atoms with E-state index in [4.69, 9.17) is 4.74 Å². The Morgan fingerprint density at radius 1 is 1.09 bits per heavy atom. The summed E-state index contributed by atoms with van der Waals surface area (Å²) in [6.45, 7) is 0.368. The number of carbonyl (C=O) groups is 3. The summed E-state index contributed by atoms with van der Waals surface area (Å²) in [6.07, 6.45) is 2.45. The molecule has 32 heavy (non-hydrogen) atoms. The Labute approximate surface area is 188 Å². The average molecular weight is 436 g/mol. The van der Waals surface area contributed by atoms with E-state index < -0.39 is 17.5 Å². The van der Waals surface area contributed by atoms with Gasteiger partial charge in [-0.15, -0.1) is 0 Å². The van der Waals surface area contributed by atoms with Crippen LogP contribution < -0.4 is 15.4 Å². The predicted molar refractivity (Wildman–Crippen MR) is 120 cm³/mol. The molecule has 0 aromatic heterocycles. The van der Waals surface area contributed by atoms with E-state index in [0.717, 1.165) is 18.4 Å². The summed E-state index contributed by atoms with van der Waals surface area (Å²) in [5.41, 5.74) is -0.242. The topological polar surface area (TPSA) is 87.7 Å². The molecule has 2 aliphatic rings. The first-order chi connectivity index (χ1) is 15.6. The highest BCUT2D eigenvalue weighted by Crippen LogP contribution is 2.50. The van der Waals surface area contributed by atoms with Gasteiger partial charge in [-0.05, 0) is 43.4 Å². The van der Waals surface area contributed by atoms with E-state index in [0.29, 0.717) is 18.7 Å². The number of para-hydroxylation sites is 1. The van der Waals surface area contributed by atoms with E-state index in [1.807, 2.05) is 48.5 Å². The van der Waals surface area contributed by atoms with Gasteiger partial charge in [0.25, 0.3) is 5.91 Å². The molecular weight excluding hydrogens is 406 g/mol. The smallest absolute Gasteiger partial charge is 0.261 e. The largest absolute Gasteiger partial charge is 0.484 e. The van der Waals surface area contributed by atoms with Gasteiger partial charge in [0.15, 0.2) is 6.61 Å². The van der Waals surface area contributed by atoms with Crippen molar-refractivity contribution in [1.29, 1.82) is 0 Å². The first kappa shape index (κ1) is 21.9. The molecule has 0 saturated carbocycles. The van der Waals surface area contributed by atoms with Crippen LogP contribution in [0.2, 0.25) is 0 Å². The monoisotopic (exact) mass is 435 g/mol. The SMILES string of the molecule is CNC(=O)[C@H]1C[C@]2(CCCCNC2=O)N(C(=O)COc2ccccc2)[C@H]1c1ccccc1. The maximum absolute atomic E-state index is 13.7. The van der Waals surface area contributed by atoms with Gasteiger partial charge in [-0.1, -0.05) is 48.5 Å². The lowest BCUT2D eigenvalue weighted by atomic mass is 9.85. The third kappa shape index (κ3) is 4.07. The maximum Gasteiger partial charge on any atom is 0.261 e. The number of nitrogens with one attached hydrogen (secondary N) is 2. The molecule has 2 aromatic rings. The van der Waals surface area contributed by atoms with Gasteiger partial charge in [-0.3, -0.25) is 14.4 Å². The van der Waals surface area contributed by atoms with Gasteiger partial charge in [0.1, 0.15) is 11.3 Å². The van der Waals surface area contributed by atoms with Crippen LogP contribution in [0, 0.1) is 5.92 Å². The standard InChI is InChI=1S/C25H29N3O4/c1-26-23(30)20-16-25(14-8-9-15-27-24(25)31)28(22(20)18-10-4-2-5-11-18)21(29)17-32-19-12-6-3-7-13-19/h2-7,10-13,20,22H,8-9,14-17H2,1H3,(H,26,30)(H,27,31)/t20-,22-,25-/m0/s1. The summed E-state index contributed by atoms with van der Waals surface area (Å²) in [4.78, 5) is 41.7. The summed E-state index contributed by atoms with van der Waals surface area (Å²) in [5.74, 6) is -0.610. The number of rotatable bonds is 5. The lowest BCUT2D eigenvalue weighted by Gasteiger charge is -2.39. The molecule has 3 amide bonds. The Morgan fingerprint density at radius 2 is 1.78 bits per heavy atom. The number of hydrogen-bond donors (Lipinski definition) is 2. The van der Waals surface area contributed by atoms with Crippen molar-refractivity contribution in [2.75, 3.05) is 20.2 Å². The average Bonchev–Trinajstić information content (AvgIpc) is 3.08. The molecule has 2 heterocycles. The lowest BCUT2D eigenvalue weighted by molar-refractivity contribution is -0.149. The minimum absolute atomic E-state index is 0.172. The van der Waals surface area contributed by atoms with Crippen LogP contribution in [-0.4, -0.2) is 48.4 Å². The molecule has 4 rings (SSSR count). The van der Waals surface area contributed by atoms with E-state index in [9.17, 15) is 14.4 Å². The molecular formula is C25H29N3O4. The van der Waals surface area contributed by atoms with Crippen LogP contribution in [0.25, 0.3) is 0 Å². The quantitative estimate of drug-likeness (QED) is 0.755. The second kappa shape index (κ2) is 9.42. The highest BCUT2D eigenvalue weighted by Gasteiger charge is 2.59.